The number of carbonyl (C=O) groups excluding carboxylic acids is 2. The van der Waals surface area contributed by atoms with E-state index in [0.717, 1.165) is 22.6 Å². The Morgan fingerprint density at radius 1 is 1.07 bits per heavy atom. The number of nitrogens with zero attached hydrogens (tertiary/aromatic N) is 1. The van der Waals surface area contributed by atoms with Gasteiger partial charge in [-0.05, 0) is 43.2 Å². The first-order chi connectivity index (χ1) is 14.1. The van der Waals surface area contributed by atoms with Gasteiger partial charge in [0.1, 0.15) is 17.4 Å². The minimum atomic E-state index is -0.796. The molecule has 148 valence electrons. The minimum absolute atomic E-state index is 0.297. The second kappa shape index (κ2) is 8.18. The third-order valence-corrected chi connectivity index (χ3v) is 4.74. The van der Waals surface area contributed by atoms with E-state index in [2.05, 4.69) is 15.3 Å². The lowest BCUT2D eigenvalue weighted by molar-refractivity contribution is -0.146. The first kappa shape index (κ1) is 18.7. The van der Waals surface area contributed by atoms with Crippen molar-refractivity contribution in [3.05, 3.63) is 71.6 Å². The molecule has 7 heteroatoms. The summed E-state index contributed by atoms with van der Waals surface area (Å²) in [5.41, 5.74) is 4.75. The zero-order chi connectivity index (χ0) is 20.2. The molecule has 2 aromatic carbocycles. The topological polar surface area (TPSA) is 90.7 Å². The second-order valence-electron chi connectivity index (χ2n) is 6.77. The molecule has 1 aliphatic heterocycles. The van der Waals surface area contributed by atoms with Crippen LogP contribution in [0.3, 0.4) is 0 Å². The zero-order valence-electron chi connectivity index (χ0n) is 15.9. The molecule has 0 saturated carbocycles. The number of hydrogen-bond donors (Lipinski definition) is 1. The van der Waals surface area contributed by atoms with Crippen LogP contribution in [0.15, 0.2) is 59.0 Å². The number of hydroxylamine groups is 1. The summed E-state index contributed by atoms with van der Waals surface area (Å²) in [5.74, 6) is 0.343. The molecule has 1 amide bonds. The van der Waals surface area contributed by atoms with Crippen molar-refractivity contribution in [1.29, 1.82) is 0 Å². The van der Waals surface area contributed by atoms with Crippen LogP contribution < -0.4 is 10.2 Å². The Morgan fingerprint density at radius 2 is 1.83 bits per heavy atom. The molecule has 0 bridgehead atoms. The Balaban J connectivity index is 1.31. The molecule has 0 spiro atoms. The molecule has 1 fully saturated rings. The predicted molar refractivity (Wildman–Crippen MR) is 104 cm³/mol. The highest BCUT2D eigenvalue weighted by atomic mass is 16.7. The summed E-state index contributed by atoms with van der Waals surface area (Å²) in [6.07, 6.45) is 0.920. The van der Waals surface area contributed by atoms with Gasteiger partial charge >= 0.3 is 5.97 Å². The van der Waals surface area contributed by atoms with E-state index in [4.69, 9.17) is 9.15 Å². The van der Waals surface area contributed by atoms with Crippen LogP contribution >= 0.6 is 0 Å². The smallest absolute Gasteiger partial charge is 0.345 e. The van der Waals surface area contributed by atoms with Gasteiger partial charge in [0.05, 0.1) is 12.3 Å². The number of nitrogens with one attached hydrogen (secondary N) is 1. The van der Waals surface area contributed by atoms with Gasteiger partial charge in [0.25, 0.3) is 5.91 Å². The molecule has 1 saturated heterocycles. The monoisotopic (exact) mass is 398 g/mol. The van der Waals surface area contributed by atoms with Gasteiger partial charge in [-0.1, -0.05) is 30.3 Å². The first-order valence-corrected chi connectivity index (χ1v) is 9.34. The molecule has 29 heavy (non-hydrogen) atoms. The van der Waals surface area contributed by atoms with Crippen molar-refractivity contribution in [3.63, 3.8) is 0 Å². The molecule has 1 unspecified atom stereocenters. The molecule has 1 aromatic heterocycles. The second-order valence-corrected chi connectivity index (χ2v) is 6.77. The third-order valence-electron chi connectivity index (χ3n) is 4.74. The van der Waals surface area contributed by atoms with Gasteiger partial charge in [-0.15, -0.1) is 0 Å². The number of amides is 1. The van der Waals surface area contributed by atoms with E-state index in [1.54, 1.807) is 0 Å². The number of hydrogen-bond acceptors (Lipinski definition) is 6. The van der Waals surface area contributed by atoms with Crippen LogP contribution in [-0.4, -0.2) is 23.5 Å². The number of benzene rings is 2. The van der Waals surface area contributed by atoms with Crippen molar-refractivity contribution < 1.29 is 23.6 Å². The molecule has 1 aliphatic rings. The lowest BCUT2D eigenvalue weighted by Crippen LogP contribution is -2.21. The van der Waals surface area contributed by atoms with E-state index >= 15 is 0 Å². The quantitative estimate of drug-likeness (QED) is 0.616. The Morgan fingerprint density at radius 3 is 2.52 bits per heavy atom. The van der Waals surface area contributed by atoms with Gasteiger partial charge in [0, 0.05) is 12.0 Å². The van der Waals surface area contributed by atoms with E-state index in [1.165, 1.54) is 0 Å². The molecular formula is C22H20N2O5. The number of carbonyl (C=O) groups is 2. The summed E-state index contributed by atoms with van der Waals surface area (Å²) in [5, 5.41) is 0. The van der Waals surface area contributed by atoms with E-state index in [1.807, 2.05) is 61.5 Å². The summed E-state index contributed by atoms with van der Waals surface area (Å²) in [6.45, 7) is 2.35. The van der Waals surface area contributed by atoms with Crippen molar-refractivity contribution in [1.82, 2.24) is 10.5 Å². The van der Waals surface area contributed by atoms with Crippen LogP contribution in [0.5, 0.6) is 5.75 Å². The molecule has 7 nitrogen and oxygen atoms in total. The van der Waals surface area contributed by atoms with Crippen molar-refractivity contribution in [3.8, 4) is 17.2 Å². The molecule has 2 heterocycles. The molecule has 0 radical (unpaired) electrons. The standard InChI is InChI=1S/C22H20N2O5/c1-14-19(23-21(28-14)16-5-3-2-4-6-16)11-12-27-17-9-7-15(8-10-17)13-18-20(25)24-29-22(18)26/h2-10,18H,11-13H2,1H3,(H,24,25)/i7+1,8+1,9+1,10+1,15+1,17+1. The summed E-state index contributed by atoms with van der Waals surface area (Å²) < 4.78 is 11.6. The molecule has 1 atom stereocenters. The lowest BCUT2D eigenvalue weighted by Gasteiger charge is -2.07. The van der Waals surface area contributed by atoms with Crippen molar-refractivity contribution in [2.24, 2.45) is 5.92 Å². The average Bonchev–Trinajstić information content (AvgIpc) is 3.27. The Kier molecular flexibility index (Phi) is 5.29. The maximum atomic E-state index is 11.6. The fourth-order valence-corrected chi connectivity index (χ4v) is 3.11. The van der Waals surface area contributed by atoms with Crippen LogP contribution in [0.25, 0.3) is 11.5 Å². The highest BCUT2D eigenvalue weighted by Gasteiger charge is 2.35. The van der Waals surface area contributed by atoms with Crippen LogP contribution in [-0.2, 0) is 27.3 Å². The van der Waals surface area contributed by atoms with Crippen molar-refractivity contribution in [2.45, 2.75) is 19.8 Å². The number of aryl methyl sites for hydroxylation is 1. The number of ether oxygens (including phenoxy) is 1. The molecule has 4 rings (SSSR count). The summed E-state index contributed by atoms with van der Waals surface area (Å²) in [7, 11) is 0. The molecule has 3 aromatic rings. The van der Waals surface area contributed by atoms with E-state index in [0.29, 0.717) is 31.1 Å². The van der Waals surface area contributed by atoms with E-state index in [9.17, 15) is 9.59 Å². The normalized spacial score (nSPS) is 15.8. The number of rotatable bonds is 7. The van der Waals surface area contributed by atoms with Crippen LogP contribution in [0.4, 0.5) is 0 Å². The number of aromatic nitrogens is 1. The van der Waals surface area contributed by atoms with Crippen LogP contribution in [0.1, 0.15) is 17.0 Å². The fourth-order valence-electron chi connectivity index (χ4n) is 3.11. The van der Waals surface area contributed by atoms with Gasteiger partial charge in [-0.25, -0.2) is 9.78 Å². The largest absolute Gasteiger partial charge is 0.493 e. The number of oxazole rings is 1. The molecular weight excluding hydrogens is 378 g/mol. The van der Waals surface area contributed by atoms with Gasteiger partial charge in [-0.3, -0.25) is 4.79 Å². The average molecular weight is 398 g/mol. The third kappa shape index (κ3) is 4.29. The van der Waals surface area contributed by atoms with Crippen molar-refractivity contribution >= 4 is 11.9 Å². The lowest BCUT2D eigenvalue weighted by atomic mass is 10.1. The highest BCUT2D eigenvalue weighted by Crippen LogP contribution is 2.22. The Labute approximate surface area is 167 Å². The summed E-state index contributed by atoms with van der Waals surface area (Å²) >= 11 is 0. The molecule has 0 aliphatic carbocycles. The van der Waals surface area contributed by atoms with Crippen molar-refractivity contribution in [2.75, 3.05) is 6.61 Å². The minimum Gasteiger partial charge on any atom is -0.493 e. The van der Waals surface area contributed by atoms with Crippen LogP contribution in [0.2, 0.25) is 0 Å². The van der Waals surface area contributed by atoms with Gasteiger partial charge < -0.3 is 14.0 Å². The van der Waals surface area contributed by atoms with Crippen LogP contribution in [0, 0.1) is 12.8 Å². The summed E-state index contributed by atoms with van der Waals surface area (Å²) in [4.78, 5) is 32.2. The summed E-state index contributed by atoms with van der Waals surface area (Å²) in [6, 6.07) is 17.1. The van der Waals surface area contributed by atoms with Gasteiger partial charge in [0.15, 0.2) is 0 Å². The molecule has 1 N–H and O–H groups in total. The SMILES string of the molecule is Cc1oc(-c2ccccc2)nc1CCO[13c]1[13cH][13cH][13c](CC2C(=O)NOC2=O)[13cH][13cH]1. The Bertz CT molecular complexity index is 995. The maximum Gasteiger partial charge on any atom is 0.345 e. The van der Waals surface area contributed by atoms with Gasteiger partial charge in [0.2, 0.25) is 5.89 Å². The first-order valence-electron chi connectivity index (χ1n) is 9.34. The van der Waals surface area contributed by atoms with E-state index < -0.39 is 17.8 Å². The van der Waals surface area contributed by atoms with E-state index in [-0.39, 0.29) is 0 Å². The van der Waals surface area contributed by atoms with Gasteiger partial charge in [-0.2, -0.15) is 5.48 Å². The zero-order valence-corrected chi connectivity index (χ0v) is 15.9. The highest BCUT2D eigenvalue weighted by molar-refractivity contribution is 6.01. The maximum absolute atomic E-state index is 11.6. The fraction of sp³-hybridized carbons (Fsp3) is 0.227. The predicted octanol–water partition coefficient (Wildman–Crippen LogP) is 3.02. The Hall–Kier alpha value is -3.61.